The number of nitrogens with one attached hydrogen (secondary N) is 1. The number of aromatic nitrogens is 3. The third kappa shape index (κ3) is 5.92. The number of hydrogen-bond donors (Lipinski definition) is 1. The predicted molar refractivity (Wildman–Crippen MR) is 175 cm³/mol. The molecule has 2 aromatic heterocycles. The molecule has 0 spiro atoms. The largest absolute Gasteiger partial charge is 0.494 e. The van der Waals surface area contributed by atoms with Gasteiger partial charge in [0.05, 0.1) is 34.5 Å². The number of nitrogens with zero attached hydrogens (tertiary/aromatic N) is 6. The zero-order chi connectivity index (χ0) is 30.8. The number of likely N-dealkylation sites (N-methyl/N-ethyl adjacent to an activating group) is 2. The molecule has 10 nitrogen and oxygen atoms in total. The molecule has 0 amide bonds. The highest BCUT2D eigenvalue weighted by atomic mass is 16.6. The van der Waals surface area contributed by atoms with Crippen LogP contribution >= 0.6 is 0 Å². The summed E-state index contributed by atoms with van der Waals surface area (Å²) < 4.78 is 8.02. The SMILES string of the molecule is COc1cc(N(C)CCN(C)C)c([N+](=O)[O-])cc1Nc1ncc(C#CC2CCCC2)c(-c2cn3c4c(cccc24)CCC3)n1. The number of hydrogen-bond acceptors (Lipinski definition) is 8. The van der Waals surface area contributed by atoms with Gasteiger partial charge in [-0.25, -0.2) is 9.97 Å². The summed E-state index contributed by atoms with van der Waals surface area (Å²) in [5.41, 5.74) is 6.02. The van der Waals surface area contributed by atoms with Crippen LogP contribution in [0.25, 0.3) is 22.2 Å². The van der Waals surface area contributed by atoms with Crippen molar-refractivity contribution in [2.24, 2.45) is 5.92 Å². The number of nitro groups is 1. The highest BCUT2D eigenvalue weighted by Crippen LogP contribution is 2.40. The first-order valence-corrected chi connectivity index (χ1v) is 15.3. The van der Waals surface area contributed by atoms with Crippen LogP contribution in [0.2, 0.25) is 0 Å². The summed E-state index contributed by atoms with van der Waals surface area (Å²) >= 11 is 0. The third-order valence-electron chi connectivity index (χ3n) is 8.67. The van der Waals surface area contributed by atoms with E-state index < -0.39 is 0 Å². The van der Waals surface area contributed by atoms with Crippen molar-refractivity contribution < 1.29 is 9.66 Å². The zero-order valence-electron chi connectivity index (χ0n) is 25.9. The fraction of sp³-hybridized carbons (Fsp3) is 0.412. The molecular formula is C34H39N7O3. The minimum Gasteiger partial charge on any atom is -0.494 e. The Balaban J connectivity index is 1.42. The van der Waals surface area contributed by atoms with Crippen LogP contribution in [-0.4, -0.2) is 65.7 Å². The average Bonchev–Trinajstić information content (AvgIpc) is 3.68. The zero-order valence-corrected chi connectivity index (χ0v) is 25.9. The van der Waals surface area contributed by atoms with Crippen molar-refractivity contribution in [3.8, 4) is 28.8 Å². The average molecular weight is 594 g/mol. The van der Waals surface area contributed by atoms with Crippen LogP contribution in [-0.2, 0) is 13.0 Å². The molecule has 1 saturated carbocycles. The Morgan fingerprint density at radius 3 is 2.73 bits per heavy atom. The maximum absolute atomic E-state index is 12.2. The van der Waals surface area contributed by atoms with Gasteiger partial charge in [0.2, 0.25) is 5.95 Å². The molecule has 1 N–H and O–H groups in total. The van der Waals surface area contributed by atoms with Gasteiger partial charge in [0.15, 0.2) is 0 Å². The van der Waals surface area contributed by atoms with E-state index in [1.807, 2.05) is 30.9 Å². The number of rotatable bonds is 9. The van der Waals surface area contributed by atoms with E-state index in [4.69, 9.17) is 9.72 Å². The van der Waals surface area contributed by atoms with Crippen molar-refractivity contribution in [2.75, 3.05) is 51.6 Å². The Morgan fingerprint density at radius 1 is 1.16 bits per heavy atom. The van der Waals surface area contributed by atoms with Crippen molar-refractivity contribution in [2.45, 2.75) is 45.1 Å². The second kappa shape index (κ2) is 12.5. The molecule has 0 saturated heterocycles. The molecule has 0 bridgehead atoms. The monoisotopic (exact) mass is 593 g/mol. The van der Waals surface area contributed by atoms with Crippen LogP contribution in [0.4, 0.5) is 23.0 Å². The first kappa shape index (κ1) is 29.5. The number of anilines is 3. The number of para-hydroxylation sites is 1. The molecule has 6 rings (SSSR count). The first-order chi connectivity index (χ1) is 21.3. The molecule has 2 aromatic carbocycles. The van der Waals surface area contributed by atoms with Crippen LogP contribution in [0.5, 0.6) is 5.75 Å². The lowest BCUT2D eigenvalue weighted by molar-refractivity contribution is -0.384. The fourth-order valence-electron chi connectivity index (χ4n) is 6.30. The van der Waals surface area contributed by atoms with Gasteiger partial charge in [-0.3, -0.25) is 10.1 Å². The summed E-state index contributed by atoms with van der Waals surface area (Å²) in [5, 5.41) is 16.5. The minimum atomic E-state index is -0.367. The predicted octanol–water partition coefficient (Wildman–Crippen LogP) is 6.24. The Hall–Kier alpha value is -4.62. The molecule has 1 fully saturated rings. The minimum absolute atomic E-state index is 0.0252. The summed E-state index contributed by atoms with van der Waals surface area (Å²) in [7, 11) is 7.34. The second-order valence-corrected chi connectivity index (χ2v) is 12.0. The summed E-state index contributed by atoms with van der Waals surface area (Å²) in [4.78, 5) is 25.3. The van der Waals surface area contributed by atoms with E-state index in [9.17, 15) is 10.1 Å². The van der Waals surface area contributed by atoms with Gasteiger partial charge < -0.3 is 24.4 Å². The van der Waals surface area contributed by atoms with Crippen LogP contribution in [0.15, 0.2) is 42.7 Å². The molecule has 228 valence electrons. The number of methoxy groups -OCH3 is 1. The Labute approximate surface area is 258 Å². The van der Waals surface area contributed by atoms with Crippen molar-refractivity contribution in [1.82, 2.24) is 19.4 Å². The number of nitro benzene ring substituents is 1. The molecule has 1 aliphatic heterocycles. The van der Waals surface area contributed by atoms with Crippen molar-refractivity contribution in [3.05, 3.63) is 64.0 Å². The summed E-state index contributed by atoms with van der Waals surface area (Å²) in [6.07, 6.45) is 10.8. The number of benzene rings is 2. The number of aryl methyl sites for hydroxylation is 2. The topological polar surface area (TPSA) is 102 Å². The molecule has 0 radical (unpaired) electrons. The normalized spacial score (nSPS) is 14.5. The second-order valence-electron chi connectivity index (χ2n) is 12.0. The van der Waals surface area contributed by atoms with E-state index in [1.54, 1.807) is 19.4 Å². The van der Waals surface area contributed by atoms with Crippen LogP contribution in [0.1, 0.15) is 43.2 Å². The third-order valence-corrected chi connectivity index (χ3v) is 8.67. The maximum atomic E-state index is 12.2. The van der Waals surface area contributed by atoms with Gasteiger partial charge in [0.25, 0.3) is 5.69 Å². The number of ether oxygens (including phenoxy) is 1. The van der Waals surface area contributed by atoms with Crippen molar-refractivity contribution in [1.29, 1.82) is 0 Å². The smallest absolute Gasteiger partial charge is 0.294 e. The van der Waals surface area contributed by atoms with Crippen molar-refractivity contribution >= 4 is 33.9 Å². The summed E-state index contributed by atoms with van der Waals surface area (Å²) in [6.45, 7) is 2.33. The van der Waals surface area contributed by atoms with Gasteiger partial charge >= 0.3 is 0 Å². The maximum Gasteiger partial charge on any atom is 0.294 e. The van der Waals surface area contributed by atoms with E-state index in [0.29, 0.717) is 35.5 Å². The van der Waals surface area contributed by atoms with E-state index in [0.717, 1.165) is 61.0 Å². The lowest BCUT2D eigenvalue weighted by Crippen LogP contribution is -2.28. The Morgan fingerprint density at radius 2 is 1.98 bits per heavy atom. The molecular weight excluding hydrogens is 554 g/mol. The Bertz CT molecular complexity index is 1760. The van der Waals surface area contributed by atoms with Crippen LogP contribution < -0.4 is 15.0 Å². The highest BCUT2D eigenvalue weighted by molar-refractivity contribution is 5.98. The highest BCUT2D eigenvalue weighted by Gasteiger charge is 2.24. The quantitative estimate of drug-likeness (QED) is 0.138. The summed E-state index contributed by atoms with van der Waals surface area (Å²) in [6, 6.07) is 9.66. The van der Waals surface area contributed by atoms with Crippen LogP contribution in [0.3, 0.4) is 0 Å². The molecule has 4 aromatic rings. The van der Waals surface area contributed by atoms with Gasteiger partial charge in [0, 0.05) is 68.1 Å². The fourth-order valence-corrected chi connectivity index (χ4v) is 6.30. The van der Waals surface area contributed by atoms with Gasteiger partial charge in [-0.15, -0.1) is 0 Å². The standard InChI is InChI=1S/C34H39N7O3/c1-38(2)17-18-39(3)29-20-31(44-4)28(19-30(29)41(42)43)36-34-35-21-25(15-14-23-9-5-6-10-23)32(37-34)27-22-40-16-8-12-24-11-7-13-26(27)33(24)40/h7,11,13,19-23H,5-6,8-10,12,16-18H2,1-4H3,(H,35,36,37). The molecule has 0 unspecified atom stereocenters. The molecule has 0 atom stereocenters. The van der Waals surface area contributed by atoms with E-state index in [2.05, 4.69) is 51.1 Å². The molecule has 10 heteroatoms. The lowest BCUT2D eigenvalue weighted by Gasteiger charge is -2.22. The summed E-state index contributed by atoms with van der Waals surface area (Å²) in [5.74, 6) is 8.08. The van der Waals surface area contributed by atoms with Crippen molar-refractivity contribution in [3.63, 3.8) is 0 Å². The molecule has 44 heavy (non-hydrogen) atoms. The van der Waals surface area contributed by atoms with E-state index >= 15 is 0 Å². The molecule has 1 aliphatic carbocycles. The molecule has 2 aliphatic rings. The van der Waals surface area contributed by atoms with E-state index in [-0.39, 0.29) is 10.6 Å². The van der Waals surface area contributed by atoms with Gasteiger partial charge in [-0.2, -0.15) is 0 Å². The van der Waals surface area contributed by atoms with Gasteiger partial charge in [-0.1, -0.05) is 42.9 Å². The van der Waals surface area contributed by atoms with Gasteiger partial charge in [0.1, 0.15) is 11.4 Å². The van der Waals surface area contributed by atoms with Crippen LogP contribution in [0, 0.1) is 27.9 Å². The molecule has 3 heterocycles. The Kier molecular flexibility index (Phi) is 8.40. The van der Waals surface area contributed by atoms with Gasteiger partial charge in [-0.05, 0) is 45.3 Å². The lowest BCUT2D eigenvalue weighted by atomic mass is 10.0. The first-order valence-electron chi connectivity index (χ1n) is 15.3. The van der Waals surface area contributed by atoms with E-state index in [1.165, 1.54) is 30.0 Å².